The maximum atomic E-state index is 10.0. The van der Waals surface area contributed by atoms with E-state index in [4.69, 9.17) is 16.1 Å². The van der Waals surface area contributed by atoms with Gasteiger partial charge in [-0.25, -0.2) is 0 Å². The summed E-state index contributed by atoms with van der Waals surface area (Å²) in [5, 5.41) is 18.2. The van der Waals surface area contributed by atoms with Gasteiger partial charge in [-0.2, -0.15) is 4.98 Å². The Morgan fingerprint density at radius 2 is 2.08 bits per heavy atom. The Morgan fingerprint density at radius 3 is 2.76 bits per heavy atom. The molecule has 3 rings (SSSR count). The minimum atomic E-state index is -0.305. The van der Waals surface area contributed by atoms with Gasteiger partial charge in [-0.15, -0.1) is 0 Å². The average molecular weight is 364 g/mol. The van der Waals surface area contributed by atoms with Crippen molar-refractivity contribution in [2.24, 2.45) is 11.3 Å². The summed E-state index contributed by atoms with van der Waals surface area (Å²) in [5.41, 5.74) is 0.647. The average Bonchev–Trinajstić information content (AvgIpc) is 3.00. The molecule has 1 aliphatic rings. The van der Waals surface area contributed by atoms with Crippen molar-refractivity contribution in [2.75, 3.05) is 6.61 Å². The molecule has 25 heavy (non-hydrogen) atoms. The molecule has 0 unspecified atom stereocenters. The van der Waals surface area contributed by atoms with Gasteiger partial charge in [0.2, 0.25) is 11.7 Å². The highest BCUT2D eigenvalue weighted by Crippen LogP contribution is 2.43. The molecule has 0 aliphatic heterocycles. The predicted octanol–water partition coefficient (Wildman–Crippen LogP) is 4.06. The Labute approximate surface area is 153 Å². The first-order valence-electron chi connectivity index (χ1n) is 8.76. The SMILES string of the molecule is C[C@@H]1CC(C)(C)C[C@@](CO)(NCc2nc(-c3ccccc3Cl)no2)C1. The Bertz CT molecular complexity index is 731. The lowest BCUT2D eigenvalue weighted by atomic mass is 9.64. The molecule has 1 fully saturated rings. The summed E-state index contributed by atoms with van der Waals surface area (Å²) in [4.78, 5) is 4.44. The van der Waals surface area contributed by atoms with E-state index >= 15 is 0 Å². The second kappa shape index (κ2) is 7.06. The first-order valence-corrected chi connectivity index (χ1v) is 9.14. The molecular formula is C19H26ClN3O2. The van der Waals surface area contributed by atoms with E-state index in [2.05, 4.69) is 36.2 Å². The molecule has 2 atom stereocenters. The lowest BCUT2D eigenvalue weighted by molar-refractivity contribution is 0.0335. The molecule has 5 nitrogen and oxygen atoms in total. The van der Waals surface area contributed by atoms with Gasteiger partial charge in [0.1, 0.15) is 0 Å². The quantitative estimate of drug-likeness (QED) is 0.838. The standard InChI is InChI=1S/C19H26ClN3O2/c1-13-8-18(2,3)11-19(9-13,12-24)21-10-16-22-17(23-25-16)14-6-4-5-7-15(14)20/h4-7,13,21,24H,8-12H2,1-3H3/t13-,19+/m1/s1. The molecular weight excluding hydrogens is 338 g/mol. The van der Waals surface area contributed by atoms with E-state index in [0.29, 0.717) is 29.2 Å². The molecule has 0 radical (unpaired) electrons. The highest BCUT2D eigenvalue weighted by molar-refractivity contribution is 6.33. The van der Waals surface area contributed by atoms with Crippen LogP contribution in [0.1, 0.15) is 45.9 Å². The van der Waals surface area contributed by atoms with Crippen LogP contribution in [0.15, 0.2) is 28.8 Å². The molecule has 0 bridgehead atoms. The molecule has 6 heteroatoms. The van der Waals surface area contributed by atoms with Gasteiger partial charge in [0, 0.05) is 11.1 Å². The lowest BCUT2D eigenvalue weighted by Crippen LogP contribution is -2.54. The van der Waals surface area contributed by atoms with E-state index in [1.54, 1.807) is 6.07 Å². The first kappa shape index (κ1) is 18.4. The fraction of sp³-hybridized carbons (Fsp3) is 0.579. The summed E-state index contributed by atoms with van der Waals surface area (Å²) in [6, 6.07) is 7.43. The van der Waals surface area contributed by atoms with Crippen molar-refractivity contribution in [3.63, 3.8) is 0 Å². The predicted molar refractivity (Wildman–Crippen MR) is 98.2 cm³/mol. The number of rotatable bonds is 5. The third-order valence-electron chi connectivity index (χ3n) is 4.96. The highest BCUT2D eigenvalue weighted by atomic mass is 35.5. The Balaban J connectivity index is 1.72. The van der Waals surface area contributed by atoms with Crippen LogP contribution in [0.3, 0.4) is 0 Å². The zero-order valence-electron chi connectivity index (χ0n) is 15.1. The van der Waals surface area contributed by atoms with Crippen molar-refractivity contribution in [2.45, 2.75) is 52.1 Å². The fourth-order valence-electron chi connectivity index (χ4n) is 4.40. The zero-order valence-corrected chi connectivity index (χ0v) is 15.8. The van der Waals surface area contributed by atoms with Crippen molar-refractivity contribution < 1.29 is 9.63 Å². The van der Waals surface area contributed by atoms with Crippen molar-refractivity contribution in [3.05, 3.63) is 35.2 Å². The number of aliphatic hydroxyl groups is 1. The molecule has 0 saturated heterocycles. The number of hydrogen-bond acceptors (Lipinski definition) is 5. The van der Waals surface area contributed by atoms with Crippen LogP contribution in [-0.4, -0.2) is 27.4 Å². The molecule has 0 spiro atoms. The Kier molecular flexibility index (Phi) is 5.19. The van der Waals surface area contributed by atoms with Gasteiger partial charge in [0.15, 0.2) is 0 Å². The van der Waals surface area contributed by atoms with Gasteiger partial charge in [-0.3, -0.25) is 0 Å². The van der Waals surface area contributed by atoms with Crippen molar-refractivity contribution in [3.8, 4) is 11.4 Å². The molecule has 1 aliphatic carbocycles. The molecule has 2 aromatic rings. The topological polar surface area (TPSA) is 71.2 Å². The first-order chi connectivity index (χ1) is 11.8. The van der Waals surface area contributed by atoms with Crippen LogP contribution in [0, 0.1) is 11.3 Å². The maximum Gasteiger partial charge on any atom is 0.240 e. The number of nitrogens with one attached hydrogen (secondary N) is 1. The Hall–Kier alpha value is -1.43. The van der Waals surface area contributed by atoms with Crippen molar-refractivity contribution in [1.29, 1.82) is 0 Å². The van der Waals surface area contributed by atoms with Gasteiger partial charge >= 0.3 is 0 Å². The molecule has 1 saturated carbocycles. The minimum Gasteiger partial charge on any atom is -0.394 e. The van der Waals surface area contributed by atoms with E-state index in [9.17, 15) is 5.11 Å². The third kappa shape index (κ3) is 4.22. The van der Waals surface area contributed by atoms with E-state index in [-0.39, 0.29) is 17.6 Å². The van der Waals surface area contributed by atoms with Crippen LogP contribution in [0.5, 0.6) is 0 Å². The molecule has 2 N–H and O–H groups in total. The second-order valence-electron chi connectivity index (χ2n) is 8.14. The largest absolute Gasteiger partial charge is 0.394 e. The minimum absolute atomic E-state index is 0.103. The third-order valence-corrected chi connectivity index (χ3v) is 5.29. The molecule has 1 aromatic carbocycles. The second-order valence-corrected chi connectivity index (χ2v) is 8.55. The number of aliphatic hydroxyl groups excluding tert-OH is 1. The van der Waals surface area contributed by atoms with E-state index in [1.807, 2.05) is 18.2 Å². The maximum absolute atomic E-state index is 10.0. The van der Waals surface area contributed by atoms with Crippen LogP contribution in [0.4, 0.5) is 0 Å². The van der Waals surface area contributed by atoms with Crippen LogP contribution in [-0.2, 0) is 6.54 Å². The summed E-state index contributed by atoms with van der Waals surface area (Å²) in [7, 11) is 0. The summed E-state index contributed by atoms with van der Waals surface area (Å²) in [6.45, 7) is 7.30. The monoisotopic (exact) mass is 363 g/mol. The fourth-order valence-corrected chi connectivity index (χ4v) is 4.62. The summed E-state index contributed by atoms with van der Waals surface area (Å²) < 4.78 is 5.37. The summed E-state index contributed by atoms with van der Waals surface area (Å²) >= 11 is 6.19. The Morgan fingerprint density at radius 1 is 1.32 bits per heavy atom. The summed E-state index contributed by atoms with van der Waals surface area (Å²) in [6.07, 6.45) is 3.04. The normalized spacial score (nSPS) is 25.9. The van der Waals surface area contributed by atoms with Gasteiger partial charge < -0.3 is 14.9 Å². The lowest BCUT2D eigenvalue weighted by Gasteiger charge is -2.47. The molecule has 136 valence electrons. The van der Waals surface area contributed by atoms with Gasteiger partial charge in [-0.05, 0) is 42.7 Å². The van der Waals surface area contributed by atoms with Gasteiger partial charge in [0.05, 0.1) is 18.2 Å². The van der Waals surface area contributed by atoms with Gasteiger partial charge in [-0.1, -0.05) is 49.7 Å². The number of nitrogens with zero attached hydrogens (tertiary/aromatic N) is 2. The van der Waals surface area contributed by atoms with E-state index in [0.717, 1.165) is 18.4 Å². The summed E-state index contributed by atoms with van der Waals surface area (Å²) in [5.74, 6) is 1.54. The molecule has 1 heterocycles. The van der Waals surface area contributed by atoms with Crippen molar-refractivity contribution in [1.82, 2.24) is 15.5 Å². The van der Waals surface area contributed by atoms with E-state index in [1.165, 1.54) is 6.42 Å². The van der Waals surface area contributed by atoms with Crippen molar-refractivity contribution >= 4 is 11.6 Å². The smallest absolute Gasteiger partial charge is 0.240 e. The zero-order chi connectivity index (χ0) is 18.1. The number of aromatic nitrogens is 2. The van der Waals surface area contributed by atoms with Crippen LogP contribution < -0.4 is 5.32 Å². The number of benzene rings is 1. The van der Waals surface area contributed by atoms with Crippen LogP contribution in [0.2, 0.25) is 5.02 Å². The molecule has 0 amide bonds. The molecule has 1 aromatic heterocycles. The van der Waals surface area contributed by atoms with Crippen LogP contribution in [0.25, 0.3) is 11.4 Å². The number of hydrogen-bond donors (Lipinski definition) is 2. The number of halogens is 1. The van der Waals surface area contributed by atoms with Crippen LogP contribution >= 0.6 is 11.6 Å². The van der Waals surface area contributed by atoms with Gasteiger partial charge in [0.25, 0.3) is 0 Å². The highest BCUT2D eigenvalue weighted by Gasteiger charge is 2.42. The van der Waals surface area contributed by atoms with E-state index < -0.39 is 0 Å².